The molecule has 0 amide bonds. The van der Waals surface area contributed by atoms with E-state index in [4.69, 9.17) is 0 Å². The summed E-state index contributed by atoms with van der Waals surface area (Å²) in [5, 5.41) is 0. The molecule has 0 aliphatic rings. The molecule has 7 radical (unpaired) electrons. The normalized spacial score (nSPS) is 0. The minimum atomic E-state index is 0. The Kier molecular flexibility index (Phi) is 95.3. The van der Waals surface area contributed by atoms with Crippen LogP contribution in [0.25, 0.3) is 0 Å². The van der Waals surface area contributed by atoms with Gasteiger partial charge in [-0.05, 0) is 0 Å². The Morgan fingerprint density at radius 1 is 0.750 bits per heavy atom. The van der Waals surface area contributed by atoms with E-state index in [1.54, 1.807) is 0 Å². The van der Waals surface area contributed by atoms with Gasteiger partial charge in [0.25, 0.3) is 0 Å². The minimum absolute atomic E-state index is 0. The molecule has 0 heterocycles. The summed E-state index contributed by atoms with van der Waals surface area (Å²) in [5.74, 6) is 0. The number of hydrogen-bond acceptors (Lipinski definition) is 0. The Hall–Kier alpha value is 4.12. The summed E-state index contributed by atoms with van der Waals surface area (Å²) < 4.78 is 0. The van der Waals surface area contributed by atoms with E-state index in [0.717, 1.165) is 0 Å². The van der Waals surface area contributed by atoms with E-state index < -0.39 is 0 Å². The SMILES string of the molecule is [Bi].[Ca].[Ca].[Ti]. The first-order valence-corrected chi connectivity index (χ1v) is 0. The molecule has 0 spiro atoms. The molecule has 0 aromatic heterocycles. The van der Waals surface area contributed by atoms with Crippen molar-refractivity contribution in [2.45, 2.75) is 0 Å². The topological polar surface area (TPSA) is 0 Å². The van der Waals surface area contributed by atoms with Crippen molar-refractivity contribution in [1.29, 1.82) is 0 Å². The van der Waals surface area contributed by atoms with E-state index in [1.807, 2.05) is 0 Å². The second kappa shape index (κ2) is 15.7. The van der Waals surface area contributed by atoms with Gasteiger partial charge in [0.05, 0.1) is 0 Å². The molecule has 0 bridgehead atoms. The largest absolute Gasteiger partial charge is 0 e. The van der Waals surface area contributed by atoms with Crippen LogP contribution in [0.3, 0.4) is 0 Å². The molecule has 13 valence electrons. The van der Waals surface area contributed by atoms with Crippen molar-refractivity contribution in [1.82, 2.24) is 0 Å². The number of hydrogen-bond donors (Lipinski definition) is 0. The molecule has 0 aromatic rings. The summed E-state index contributed by atoms with van der Waals surface area (Å²) in [6, 6.07) is 0. The summed E-state index contributed by atoms with van der Waals surface area (Å²) in [4.78, 5) is 0. The Bertz CT molecular complexity index is 6.00. The number of rotatable bonds is 0. The molecular weight excluding hydrogens is 337 g/mol. The smallest absolute Gasteiger partial charge is 0 e. The molecular formula is BiCa2Ti. The quantitative estimate of drug-likeness (QED) is 0.490. The maximum atomic E-state index is 0. The van der Waals surface area contributed by atoms with Crippen LogP contribution in [-0.4, -0.2) is 102 Å². The van der Waals surface area contributed by atoms with E-state index in [0.29, 0.717) is 0 Å². The van der Waals surface area contributed by atoms with Crippen molar-refractivity contribution in [2.75, 3.05) is 0 Å². The van der Waals surface area contributed by atoms with Crippen LogP contribution in [0.5, 0.6) is 0 Å². The Morgan fingerprint density at radius 2 is 0.750 bits per heavy atom. The zero-order chi connectivity index (χ0) is 0. The van der Waals surface area contributed by atoms with Crippen molar-refractivity contribution in [3.05, 3.63) is 0 Å². The van der Waals surface area contributed by atoms with E-state index in [1.165, 1.54) is 0 Å². The van der Waals surface area contributed by atoms with Crippen molar-refractivity contribution in [3.63, 3.8) is 0 Å². The van der Waals surface area contributed by atoms with Gasteiger partial charge in [-0.1, -0.05) is 0 Å². The van der Waals surface area contributed by atoms with Crippen LogP contribution >= 0.6 is 0 Å². The molecule has 0 saturated heterocycles. The predicted octanol–water partition coefficient (Wildman–Crippen LogP) is -1.14. The first-order valence-electron chi connectivity index (χ1n) is 0. The van der Waals surface area contributed by atoms with Crippen LogP contribution in [0.4, 0.5) is 0 Å². The van der Waals surface area contributed by atoms with Crippen molar-refractivity contribution in [2.24, 2.45) is 0 Å². The third-order valence-corrected chi connectivity index (χ3v) is 0. The summed E-state index contributed by atoms with van der Waals surface area (Å²) in [5.41, 5.74) is 0. The van der Waals surface area contributed by atoms with E-state index >= 15 is 0 Å². The van der Waals surface area contributed by atoms with E-state index in [9.17, 15) is 0 Å². The molecule has 0 aliphatic heterocycles. The summed E-state index contributed by atoms with van der Waals surface area (Å²) >= 11 is 0. The molecule has 0 aliphatic carbocycles. The molecule has 0 atom stereocenters. The average Bonchev–Trinajstić information content (AvgIpc) is 0. The first kappa shape index (κ1) is 24.3. The standard InChI is InChI=1S/Bi.2Ca.Ti. The Morgan fingerprint density at radius 3 is 0.750 bits per heavy atom. The van der Waals surface area contributed by atoms with Gasteiger partial charge < -0.3 is 0 Å². The van der Waals surface area contributed by atoms with Gasteiger partial charge in [-0.2, -0.15) is 0 Å². The van der Waals surface area contributed by atoms with Crippen LogP contribution < -0.4 is 0 Å². The molecule has 4 heteroatoms. The van der Waals surface area contributed by atoms with E-state index in [-0.39, 0.29) is 123 Å². The summed E-state index contributed by atoms with van der Waals surface area (Å²) in [6.45, 7) is 0. The fraction of sp³-hybridized carbons (Fsp3) is 0. The maximum absolute atomic E-state index is 0. The van der Waals surface area contributed by atoms with Crippen LogP contribution in [0.2, 0.25) is 0 Å². The van der Waals surface area contributed by atoms with Crippen LogP contribution in [-0.2, 0) is 21.7 Å². The first-order chi connectivity index (χ1) is 0. The molecule has 0 nitrogen and oxygen atoms in total. The second-order valence-electron chi connectivity index (χ2n) is 0. The molecule has 0 N–H and O–H groups in total. The fourth-order valence-corrected chi connectivity index (χ4v) is 0. The third-order valence-electron chi connectivity index (χ3n) is 0. The van der Waals surface area contributed by atoms with E-state index in [2.05, 4.69) is 0 Å². The van der Waals surface area contributed by atoms with Gasteiger partial charge in [0.1, 0.15) is 0 Å². The van der Waals surface area contributed by atoms with Crippen molar-refractivity contribution < 1.29 is 21.7 Å². The fourth-order valence-electron chi connectivity index (χ4n) is 0. The van der Waals surface area contributed by atoms with Gasteiger partial charge in [0, 0.05) is 123 Å². The summed E-state index contributed by atoms with van der Waals surface area (Å²) in [7, 11) is 0. The Labute approximate surface area is 120 Å². The minimum Gasteiger partial charge on any atom is 0 e. The van der Waals surface area contributed by atoms with Gasteiger partial charge in [-0.25, -0.2) is 0 Å². The van der Waals surface area contributed by atoms with Crippen molar-refractivity contribution in [3.8, 4) is 0 Å². The molecule has 4 heavy (non-hydrogen) atoms. The third kappa shape index (κ3) is 9.45. The molecule has 0 aromatic carbocycles. The maximum Gasteiger partial charge on any atom is 0 e. The molecule has 0 saturated carbocycles. The summed E-state index contributed by atoms with van der Waals surface area (Å²) in [6.07, 6.45) is 0. The zero-order valence-corrected chi connectivity index (χ0v) is 11.8. The van der Waals surface area contributed by atoms with Crippen molar-refractivity contribution >= 4 is 102 Å². The predicted molar refractivity (Wildman–Crippen MR) is 17.3 cm³/mol. The average molecular weight is 337 g/mol. The second-order valence-corrected chi connectivity index (χ2v) is 0. The zero-order valence-electron chi connectivity index (χ0n) is 2.36. The molecule has 0 rings (SSSR count). The van der Waals surface area contributed by atoms with Gasteiger partial charge in [-0.3, -0.25) is 0 Å². The van der Waals surface area contributed by atoms with Crippen LogP contribution in [0.15, 0.2) is 0 Å². The Balaban J connectivity index is 0. The van der Waals surface area contributed by atoms with Gasteiger partial charge in [-0.15, -0.1) is 0 Å². The van der Waals surface area contributed by atoms with Crippen LogP contribution in [0, 0.1) is 0 Å². The van der Waals surface area contributed by atoms with Crippen LogP contribution in [0.1, 0.15) is 0 Å². The van der Waals surface area contributed by atoms with Gasteiger partial charge >= 0.3 is 0 Å². The van der Waals surface area contributed by atoms with Gasteiger partial charge in [0.2, 0.25) is 0 Å². The van der Waals surface area contributed by atoms with Gasteiger partial charge in [0.15, 0.2) is 0 Å². The molecule has 0 fully saturated rings. The monoisotopic (exact) mass is 337 g/mol. The molecule has 0 unspecified atom stereocenters.